The first kappa shape index (κ1) is 12.4. The van der Waals surface area contributed by atoms with Gasteiger partial charge >= 0.3 is 0 Å². The fourth-order valence-electron chi connectivity index (χ4n) is 2.10. The zero-order valence-electron chi connectivity index (χ0n) is 9.41. The number of para-hydroxylation sites is 1. The van der Waals surface area contributed by atoms with Gasteiger partial charge in [-0.15, -0.1) is 0 Å². The number of hydrogen-bond donors (Lipinski definition) is 1. The van der Waals surface area contributed by atoms with Gasteiger partial charge < -0.3 is 5.11 Å². The van der Waals surface area contributed by atoms with Gasteiger partial charge in [-0.1, -0.05) is 18.2 Å². The molecular weight excluding hydrogens is 238 g/mol. The van der Waals surface area contributed by atoms with Gasteiger partial charge in [-0.2, -0.15) is 11.8 Å². The molecule has 1 fully saturated rings. The molecule has 1 N–H and O–H groups in total. The third-order valence-electron chi connectivity index (χ3n) is 3.14. The highest BCUT2D eigenvalue weighted by Gasteiger charge is 2.26. The molecule has 1 aliphatic heterocycles. The van der Waals surface area contributed by atoms with Crippen molar-refractivity contribution in [2.75, 3.05) is 11.5 Å². The van der Waals surface area contributed by atoms with Gasteiger partial charge in [0.2, 0.25) is 0 Å². The first-order chi connectivity index (χ1) is 8.18. The molecule has 0 aliphatic carbocycles. The molecular formula is C12H15NO3S. The van der Waals surface area contributed by atoms with E-state index in [2.05, 4.69) is 0 Å². The number of nitro benzene ring substituents is 1. The molecule has 2 atom stereocenters. The molecule has 1 heterocycles. The Labute approximate surface area is 104 Å². The van der Waals surface area contributed by atoms with Crippen LogP contribution in [0.5, 0.6) is 0 Å². The van der Waals surface area contributed by atoms with E-state index in [4.69, 9.17) is 0 Å². The second-order valence-corrected chi connectivity index (χ2v) is 5.36. The second-order valence-electron chi connectivity index (χ2n) is 4.29. The van der Waals surface area contributed by atoms with Gasteiger partial charge in [-0.05, 0) is 24.5 Å². The average Bonchev–Trinajstić information content (AvgIpc) is 2.72. The molecule has 0 radical (unpaired) electrons. The normalized spacial score (nSPS) is 23.8. The molecule has 4 nitrogen and oxygen atoms in total. The number of benzene rings is 1. The lowest BCUT2D eigenvalue weighted by atomic mass is 9.96. The average molecular weight is 253 g/mol. The fourth-order valence-corrected chi connectivity index (χ4v) is 3.45. The van der Waals surface area contributed by atoms with E-state index in [-0.39, 0.29) is 22.6 Å². The Morgan fingerprint density at radius 1 is 1.41 bits per heavy atom. The van der Waals surface area contributed by atoms with Gasteiger partial charge in [0.1, 0.15) is 0 Å². The minimum atomic E-state index is -0.338. The molecule has 0 bridgehead atoms. The zero-order chi connectivity index (χ0) is 12.3. The summed E-state index contributed by atoms with van der Waals surface area (Å²) in [6.45, 7) is 0. The van der Waals surface area contributed by atoms with E-state index in [1.165, 1.54) is 6.07 Å². The lowest BCUT2D eigenvalue weighted by Gasteiger charge is -2.12. The van der Waals surface area contributed by atoms with Crippen molar-refractivity contribution in [2.24, 2.45) is 5.92 Å². The smallest absolute Gasteiger partial charge is 0.272 e. The van der Waals surface area contributed by atoms with E-state index in [1.807, 2.05) is 6.07 Å². The molecule has 1 saturated heterocycles. The first-order valence-electron chi connectivity index (χ1n) is 5.66. The highest BCUT2D eigenvalue weighted by Crippen LogP contribution is 2.29. The van der Waals surface area contributed by atoms with Crippen LogP contribution in [0.2, 0.25) is 0 Å². The number of nitrogens with zero attached hydrogens (tertiary/aromatic N) is 1. The summed E-state index contributed by atoms with van der Waals surface area (Å²) in [5.74, 6) is 2.03. The molecule has 0 saturated carbocycles. The lowest BCUT2D eigenvalue weighted by molar-refractivity contribution is -0.385. The number of hydrogen-bond acceptors (Lipinski definition) is 4. The largest absolute Gasteiger partial charge is 0.392 e. The molecule has 92 valence electrons. The minimum Gasteiger partial charge on any atom is -0.392 e. The van der Waals surface area contributed by atoms with Crippen molar-refractivity contribution in [3.05, 3.63) is 39.9 Å². The lowest BCUT2D eigenvalue weighted by Crippen LogP contribution is -2.18. The van der Waals surface area contributed by atoms with Crippen molar-refractivity contribution in [1.82, 2.24) is 0 Å². The molecule has 0 spiro atoms. The monoisotopic (exact) mass is 253 g/mol. The Kier molecular flexibility index (Phi) is 4.02. The van der Waals surface area contributed by atoms with Crippen LogP contribution < -0.4 is 0 Å². The number of aryl methyl sites for hydroxylation is 1. The molecule has 1 aromatic carbocycles. The zero-order valence-corrected chi connectivity index (χ0v) is 10.2. The van der Waals surface area contributed by atoms with E-state index in [9.17, 15) is 15.2 Å². The van der Waals surface area contributed by atoms with Crippen LogP contribution in [-0.2, 0) is 6.42 Å². The van der Waals surface area contributed by atoms with Crippen molar-refractivity contribution < 1.29 is 10.0 Å². The van der Waals surface area contributed by atoms with E-state index >= 15 is 0 Å². The van der Waals surface area contributed by atoms with Crippen LogP contribution >= 0.6 is 11.8 Å². The SMILES string of the molecule is O=[N+]([O-])c1ccccc1CCC1CSCC1O. The number of thioether (sulfide) groups is 1. The van der Waals surface area contributed by atoms with Gasteiger partial charge in [-0.25, -0.2) is 0 Å². The highest BCUT2D eigenvalue weighted by atomic mass is 32.2. The van der Waals surface area contributed by atoms with E-state index in [1.54, 1.807) is 23.9 Å². The predicted octanol–water partition coefficient (Wildman–Crippen LogP) is 2.25. The van der Waals surface area contributed by atoms with Gasteiger partial charge in [0.15, 0.2) is 0 Å². The molecule has 5 heteroatoms. The molecule has 2 unspecified atom stereocenters. The third-order valence-corrected chi connectivity index (χ3v) is 4.38. The van der Waals surface area contributed by atoms with Crippen LogP contribution in [0.15, 0.2) is 24.3 Å². The number of nitro groups is 1. The van der Waals surface area contributed by atoms with Gasteiger partial charge in [0.05, 0.1) is 11.0 Å². The topological polar surface area (TPSA) is 63.4 Å². The predicted molar refractivity (Wildman–Crippen MR) is 68.2 cm³/mol. The summed E-state index contributed by atoms with van der Waals surface area (Å²) in [4.78, 5) is 10.5. The van der Waals surface area contributed by atoms with Crippen LogP contribution in [-0.4, -0.2) is 27.6 Å². The number of aliphatic hydroxyl groups excluding tert-OH is 1. The molecule has 1 aliphatic rings. The van der Waals surface area contributed by atoms with Crippen LogP contribution in [0.3, 0.4) is 0 Å². The van der Waals surface area contributed by atoms with Crippen LogP contribution in [0.25, 0.3) is 0 Å². The standard InChI is InChI=1S/C12H15NO3S/c14-12-8-17-7-10(12)6-5-9-3-1-2-4-11(9)13(15)16/h1-4,10,12,14H,5-8H2. The Bertz CT molecular complexity index is 410. The van der Waals surface area contributed by atoms with E-state index in [0.29, 0.717) is 6.42 Å². The Morgan fingerprint density at radius 3 is 2.82 bits per heavy atom. The summed E-state index contributed by atoms with van der Waals surface area (Å²) in [6, 6.07) is 6.84. The summed E-state index contributed by atoms with van der Waals surface area (Å²) in [6.07, 6.45) is 1.24. The fraction of sp³-hybridized carbons (Fsp3) is 0.500. The van der Waals surface area contributed by atoms with Crippen molar-refractivity contribution >= 4 is 17.4 Å². The van der Waals surface area contributed by atoms with Crippen molar-refractivity contribution in [1.29, 1.82) is 0 Å². The van der Waals surface area contributed by atoms with Crippen LogP contribution in [0.4, 0.5) is 5.69 Å². The molecule has 0 aromatic heterocycles. The minimum absolute atomic E-state index is 0.188. The van der Waals surface area contributed by atoms with E-state index < -0.39 is 0 Å². The van der Waals surface area contributed by atoms with Crippen LogP contribution in [0.1, 0.15) is 12.0 Å². The molecule has 1 aromatic rings. The summed E-state index contributed by atoms with van der Waals surface area (Å²) in [7, 11) is 0. The maximum Gasteiger partial charge on any atom is 0.272 e. The van der Waals surface area contributed by atoms with Crippen molar-refractivity contribution in [3.8, 4) is 0 Å². The maximum atomic E-state index is 10.8. The third kappa shape index (κ3) is 2.98. The van der Waals surface area contributed by atoms with E-state index in [0.717, 1.165) is 23.5 Å². The van der Waals surface area contributed by atoms with Gasteiger partial charge in [0, 0.05) is 17.4 Å². The molecule has 0 amide bonds. The Hall–Kier alpha value is -1.07. The maximum absolute atomic E-state index is 10.8. The van der Waals surface area contributed by atoms with Crippen molar-refractivity contribution in [2.45, 2.75) is 18.9 Å². The summed E-state index contributed by atoms with van der Waals surface area (Å²) >= 11 is 1.75. The van der Waals surface area contributed by atoms with Gasteiger partial charge in [0.25, 0.3) is 5.69 Å². The molecule has 17 heavy (non-hydrogen) atoms. The summed E-state index contributed by atoms with van der Waals surface area (Å²) in [5, 5.41) is 20.5. The summed E-state index contributed by atoms with van der Waals surface area (Å²) in [5.41, 5.74) is 0.953. The van der Waals surface area contributed by atoms with Crippen molar-refractivity contribution in [3.63, 3.8) is 0 Å². The highest BCUT2D eigenvalue weighted by molar-refractivity contribution is 7.99. The second kappa shape index (κ2) is 5.51. The quantitative estimate of drug-likeness (QED) is 0.660. The first-order valence-corrected chi connectivity index (χ1v) is 6.82. The summed E-state index contributed by atoms with van der Waals surface area (Å²) < 4.78 is 0. The Morgan fingerprint density at radius 2 is 2.18 bits per heavy atom. The number of rotatable bonds is 4. The van der Waals surface area contributed by atoms with Crippen LogP contribution in [0, 0.1) is 16.0 Å². The number of aliphatic hydroxyl groups is 1. The van der Waals surface area contributed by atoms with Gasteiger partial charge in [-0.3, -0.25) is 10.1 Å². The molecule has 2 rings (SSSR count). The Balaban J connectivity index is 2.01.